The van der Waals surface area contributed by atoms with Crippen molar-refractivity contribution >= 4 is 39.0 Å². The molecule has 20 heavy (non-hydrogen) atoms. The van der Waals surface area contributed by atoms with Gasteiger partial charge in [-0.15, -0.1) is 11.3 Å². The molecule has 1 aromatic carbocycles. The van der Waals surface area contributed by atoms with Gasteiger partial charge in [-0.3, -0.25) is 0 Å². The molecule has 1 atom stereocenters. The van der Waals surface area contributed by atoms with Crippen LogP contribution >= 0.6 is 27.3 Å². The summed E-state index contributed by atoms with van der Waals surface area (Å²) in [4.78, 5) is 12.8. The lowest BCUT2D eigenvalue weighted by molar-refractivity contribution is 0.199. The molecule has 2 aromatic rings. The van der Waals surface area contributed by atoms with Crippen molar-refractivity contribution in [1.29, 1.82) is 0 Å². The van der Waals surface area contributed by atoms with Gasteiger partial charge in [-0.2, -0.15) is 0 Å². The van der Waals surface area contributed by atoms with E-state index in [0.29, 0.717) is 12.2 Å². The van der Waals surface area contributed by atoms with Crippen LogP contribution in [0.3, 0.4) is 0 Å². The number of halogens is 1. The second-order valence-corrected chi connectivity index (χ2v) is 6.86. The first-order valence-corrected chi connectivity index (χ1v) is 7.72. The monoisotopic (exact) mass is 354 g/mol. The number of aliphatic hydroxyl groups is 1. The van der Waals surface area contributed by atoms with Crippen molar-refractivity contribution in [3.8, 4) is 0 Å². The van der Waals surface area contributed by atoms with Crippen molar-refractivity contribution in [2.45, 2.75) is 19.6 Å². The molecule has 0 saturated carbocycles. The average molecular weight is 355 g/mol. The normalized spacial score (nSPS) is 11.9. The summed E-state index contributed by atoms with van der Waals surface area (Å²) in [5.41, 5.74) is 1.51. The maximum Gasteiger partial charge on any atom is 0.319 e. The molecule has 0 spiro atoms. The number of benzene rings is 1. The highest BCUT2D eigenvalue weighted by Crippen LogP contribution is 2.21. The van der Waals surface area contributed by atoms with Crippen LogP contribution < -0.4 is 10.6 Å². The van der Waals surface area contributed by atoms with Crippen LogP contribution in [0.4, 0.5) is 10.5 Å². The molecule has 0 saturated heterocycles. The zero-order valence-corrected chi connectivity index (χ0v) is 13.3. The third-order valence-electron chi connectivity index (χ3n) is 2.70. The van der Waals surface area contributed by atoms with Crippen LogP contribution in [0.1, 0.15) is 23.5 Å². The number of anilines is 1. The Bertz CT molecular complexity index is 581. The van der Waals surface area contributed by atoms with Crippen molar-refractivity contribution in [2.24, 2.45) is 0 Å². The van der Waals surface area contributed by atoms with Gasteiger partial charge in [0.25, 0.3) is 0 Å². The fourth-order valence-corrected chi connectivity index (χ4v) is 3.06. The van der Waals surface area contributed by atoms with Crippen molar-refractivity contribution in [3.63, 3.8) is 0 Å². The molecule has 2 amide bonds. The lowest BCUT2D eigenvalue weighted by atomic mass is 10.1. The van der Waals surface area contributed by atoms with Crippen molar-refractivity contribution in [2.75, 3.05) is 5.32 Å². The molecular weight excluding hydrogens is 340 g/mol. The Balaban J connectivity index is 1.84. The van der Waals surface area contributed by atoms with Gasteiger partial charge >= 0.3 is 6.03 Å². The maximum absolute atomic E-state index is 11.7. The largest absolute Gasteiger partial charge is 0.389 e. The van der Waals surface area contributed by atoms with E-state index in [0.717, 1.165) is 14.2 Å². The lowest BCUT2D eigenvalue weighted by Gasteiger charge is -2.08. The Kier molecular flexibility index (Phi) is 5.17. The smallest absolute Gasteiger partial charge is 0.319 e. The van der Waals surface area contributed by atoms with Gasteiger partial charge in [-0.1, -0.05) is 12.1 Å². The molecule has 0 bridgehead atoms. The molecule has 0 fully saturated rings. The van der Waals surface area contributed by atoms with E-state index in [1.165, 1.54) is 0 Å². The predicted molar refractivity (Wildman–Crippen MR) is 85.0 cm³/mol. The van der Waals surface area contributed by atoms with Gasteiger partial charge in [0.15, 0.2) is 0 Å². The van der Waals surface area contributed by atoms with Crippen LogP contribution in [-0.2, 0) is 6.54 Å². The highest BCUT2D eigenvalue weighted by atomic mass is 79.9. The molecule has 106 valence electrons. The summed E-state index contributed by atoms with van der Waals surface area (Å²) in [7, 11) is 0. The Labute approximate surface area is 130 Å². The van der Waals surface area contributed by atoms with Gasteiger partial charge in [0.05, 0.1) is 16.4 Å². The molecule has 3 N–H and O–H groups in total. The van der Waals surface area contributed by atoms with Crippen LogP contribution in [0, 0.1) is 0 Å². The minimum Gasteiger partial charge on any atom is -0.389 e. The number of thiophene rings is 1. The van der Waals surface area contributed by atoms with E-state index in [1.54, 1.807) is 42.5 Å². The predicted octanol–water partition coefficient (Wildman–Crippen LogP) is 3.89. The van der Waals surface area contributed by atoms with Gasteiger partial charge < -0.3 is 15.7 Å². The van der Waals surface area contributed by atoms with Crippen molar-refractivity contribution in [3.05, 3.63) is 50.6 Å². The second-order valence-electron chi connectivity index (χ2n) is 4.31. The third-order valence-corrected chi connectivity index (χ3v) is 4.33. The zero-order chi connectivity index (χ0) is 14.5. The van der Waals surface area contributed by atoms with E-state index in [1.807, 2.05) is 12.1 Å². The van der Waals surface area contributed by atoms with E-state index in [4.69, 9.17) is 0 Å². The summed E-state index contributed by atoms with van der Waals surface area (Å²) in [6.45, 7) is 2.20. The first-order valence-electron chi connectivity index (χ1n) is 6.11. The number of hydrogen-bond acceptors (Lipinski definition) is 3. The molecule has 0 aliphatic heterocycles. The van der Waals surface area contributed by atoms with E-state index >= 15 is 0 Å². The van der Waals surface area contributed by atoms with Crippen LogP contribution in [0.5, 0.6) is 0 Å². The van der Waals surface area contributed by atoms with Gasteiger partial charge in [0.1, 0.15) is 0 Å². The number of carbonyl (C=O) groups excluding carboxylic acids is 1. The minimum absolute atomic E-state index is 0.251. The number of hydrogen-bond donors (Lipinski definition) is 3. The molecule has 0 aliphatic rings. The Hall–Kier alpha value is -1.37. The van der Waals surface area contributed by atoms with Crippen molar-refractivity contribution < 1.29 is 9.90 Å². The zero-order valence-electron chi connectivity index (χ0n) is 10.9. The number of carbonyl (C=O) groups is 1. The van der Waals surface area contributed by atoms with Gasteiger partial charge in [-0.25, -0.2) is 4.79 Å². The van der Waals surface area contributed by atoms with E-state index < -0.39 is 6.10 Å². The minimum atomic E-state index is -0.504. The highest BCUT2D eigenvalue weighted by Gasteiger charge is 2.04. The topological polar surface area (TPSA) is 61.4 Å². The second kappa shape index (κ2) is 6.88. The van der Waals surface area contributed by atoms with Crippen LogP contribution in [-0.4, -0.2) is 11.1 Å². The number of amides is 2. The fraction of sp³-hybridized carbons (Fsp3) is 0.214. The highest BCUT2D eigenvalue weighted by molar-refractivity contribution is 9.11. The molecule has 0 aliphatic carbocycles. The molecular formula is C14H15BrN2O2S. The Morgan fingerprint density at radius 2 is 2.00 bits per heavy atom. The summed E-state index contributed by atoms with van der Waals surface area (Å²) in [6.07, 6.45) is -0.504. The fourth-order valence-electron chi connectivity index (χ4n) is 1.63. The molecule has 1 unspecified atom stereocenters. The standard InChI is InChI=1S/C14H15BrN2O2S/c1-9(18)10-2-4-11(5-3-10)17-14(19)16-8-12-6-7-13(15)20-12/h2-7,9,18H,8H2,1H3,(H2,16,17,19). The average Bonchev–Trinajstić information content (AvgIpc) is 2.83. The van der Waals surface area contributed by atoms with Crippen molar-refractivity contribution in [1.82, 2.24) is 5.32 Å². The Morgan fingerprint density at radius 3 is 2.55 bits per heavy atom. The first-order chi connectivity index (χ1) is 9.54. The maximum atomic E-state index is 11.7. The van der Waals surface area contributed by atoms with Crippen LogP contribution in [0.25, 0.3) is 0 Å². The van der Waals surface area contributed by atoms with Gasteiger partial charge in [0, 0.05) is 10.6 Å². The van der Waals surface area contributed by atoms with Crippen LogP contribution in [0.15, 0.2) is 40.2 Å². The number of aliphatic hydroxyl groups excluding tert-OH is 1. The summed E-state index contributed by atoms with van der Waals surface area (Å²) in [5, 5.41) is 14.9. The van der Waals surface area contributed by atoms with Gasteiger partial charge in [0.2, 0.25) is 0 Å². The van der Waals surface area contributed by atoms with E-state index in [-0.39, 0.29) is 6.03 Å². The number of nitrogens with one attached hydrogen (secondary N) is 2. The summed E-state index contributed by atoms with van der Waals surface area (Å²) in [6, 6.07) is 10.8. The molecule has 6 heteroatoms. The quantitative estimate of drug-likeness (QED) is 0.779. The number of urea groups is 1. The van der Waals surface area contributed by atoms with Gasteiger partial charge in [-0.05, 0) is 52.7 Å². The summed E-state index contributed by atoms with van der Waals surface area (Å²) >= 11 is 4.97. The summed E-state index contributed by atoms with van der Waals surface area (Å²) in [5.74, 6) is 0. The molecule has 2 rings (SSSR count). The molecule has 0 radical (unpaired) electrons. The Morgan fingerprint density at radius 1 is 1.30 bits per heavy atom. The van der Waals surface area contributed by atoms with E-state index in [9.17, 15) is 9.90 Å². The molecule has 1 heterocycles. The molecule has 4 nitrogen and oxygen atoms in total. The SMILES string of the molecule is CC(O)c1ccc(NC(=O)NCc2ccc(Br)s2)cc1. The summed E-state index contributed by atoms with van der Waals surface area (Å²) < 4.78 is 1.04. The molecule has 1 aromatic heterocycles. The first kappa shape index (κ1) is 15.0. The lowest BCUT2D eigenvalue weighted by Crippen LogP contribution is -2.27. The van der Waals surface area contributed by atoms with Crippen LogP contribution in [0.2, 0.25) is 0 Å². The number of rotatable bonds is 4. The van der Waals surface area contributed by atoms with E-state index in [2.05, 4.69) is 26.6 Å². The third kappa shape index (κ3) is 4.33.